The molecule has 1 aliphatic heterocycles. The number of rotatable bonds is 11. The van der Waals surface area contributed by atoms with Gasteiger partial charge in [-0.15, -0.1) is 0 Å². The van der Waals surface area contributed by atoms with Crippen LogP contribution in [0, 0.1) is 0 Å². The van der Waals surface area contributed by atoms with Gasteiger partial charge >= 0.3 is 0 Å². The van der Waals surface area contributed by atoms with Crippen LogP contribution >= 0.6 is 0 Å². The van der Waals surface area contributed by atoms with Crippen molar-refractivity contribution in [2.45, 2.75) is 40.3 Å². The average Bonchev–Trinajstić information content (AvgIpc) is 2.73. The first-order valence-corrected chi connectivity index (χ1v) is 10.9. The van der Waals surface area contributed by atoms with E-state index < -0.39 is 0 Å². The molecule has 0 atom stereocenters. The number of guanidine groups is 1. The summed E-state index contributed by atoms with van der Waals surface area (Å²) in [6.45, 7) is 17.2. The molecule has 1 fully saturated rings. The Balaban J connectivity index is 1.89. The Labute approximate surface area is 171 Å². The molecular formula is C22H39N5O. The molecule has 1 aromatic rings. The van der Waals surface area contributed by atoms with Gasteiger partial charge in [-0.1, -0.05) is 31.2 Å². The van der Waals surface area contributed by atoms with Crippen LogP contribution in [-0.4, -0.2) is 74.8 Å². The lowest BCUT2D eigenvalue weighted by Gasteiger charge is -2.34. The van der Waals surface area contributed by atoms with E-state index in [0.717, 1.165) is 64.9 Å². The van der Waals surface area contributed by atoms with Gasteiger partial charge in [-0.25, -0.2) is 4.99 Å². The molecule has 1 saturated heterocycles. The number of hydrogen-bond donors (Lipinski definition) is 2. The third kappa shape index (κ3) is 8.17. The van der Waals surface area contributed by atoms with Crippen LogP contribution in [0.3, 0.4) is 0 Å². The van der Waals surface area contributed by atoms with Gasteiger partial charge in [0.1, 0.15) is 0 Å². The van der Waals surface area contributed by atoms with E-state index in [0.29, 0.717) is 6.54 Å². The molecule has 0 amide bonds. The van der Waals surface area contributed by atoms with Crippen LogP contribution in [0.1, 0.15) is 38.3 Å². The van der Waals surface area contributed by atoms with Crippen molar-refractivity contribution >= 4 is 5.96 Å². The van der Waals surface area contributed by atoms with Crippen LogP contribution < -0.4 is 10.6 Å². The topological polar surface area (TPSA) is 52.1 Å². The summed E-state index contributed by atoms with van der Waals surface area (Å²) in [5.74, 6) is 0.880. The highest BCUT2D eigenvalue weighted by molar-refractivity contribution is 5.79. The number of benzene rings is 1. The number of aliphatic imine (C=N–C) groups is 1. The normalized spacial score (nSPS) is 16.3. The van der Waals surface area contributed by atoms with E-state index >= 15 is 0 Å². The second kappa shape index (κ2) is 13.5. The van der Waals surface area contributed by atoms with Crippen LogP contribution in [0.5, 0.6) is 0 Å². The van der Waals surface area contributed by atoms with Crippen molar-refractivity contribution in [3.05, 3.63) is 35.4 Å². The van der Waals surface area contributed by atoms with Crippen LogP contribution in [0.4, 0.5) is 0 Å². The number of nitrogens with zero attached hydrogens (tertiary/aromatic N) is 3. The van der Waals surface area contributed by atoms with Gasteiger partial charge in [0.15, 0.2) is 5.96 Å². The Morgan fingerprint density at radius 3 is 2.39 bits per heavy atom. The Kier molecular flexibility index (Phi) is 10.9. The molecule has 28 heavy (non-hydrogen) atoms. The molecule has 158 valence electrons. The van der Waals surface area contributed by atoms with Gasteiger partial charge in [0.05, 0.1) is 6.54 Å². The summed E-state index contributed by atoms with van der Waals surface area (Å²) in [6, 6.07) is 8.72. The van der Waals surface area contributed by atoms with Crippen molar-refractivity contribution in [3.8, 4) is 0 Å². The molecule has 0 spiro atoms. The van der Waals surface area contributed by atoms with E-state index in [4.69, 9.17) is 9.73 Å². The molecule has 0 aromatic heterocycles. The maximum atomic E-state index is 5.40. The van der Waals surface area contributed by atoms with Crippen molar-refractivity contribution in [1.29, 1.82) is 0 Å². The first kappa shape index (κ1) is 22.7. The summed E-state index contributed by atoms with van der Waals surface area (Å²) in [4.78, 5) is 9.89. The number of piperazine rings is 1. The summed E-state index contributed by atoms with van der Waals surface area (Å²) in [7, 11) is 0. The lowest BCUT2D eigenvalue weighted by Crippen LogP contribution is -2.45. The molecule has 1 aromatic carbocycles. The van der Waals surface area contributed by atoms with E-state index in [1.165, 1.54) is 24.2 Å². The first-order chi connectivity index (χ1) is 13.8. The predicted molar refractivity (Wildman–Crippen MR) is 118 cm³/mol. The molecular weight excluding hydrogens is 350 g/mol. The molecule has 6 nitrogen and oxygen atoms in total. The fourth-order valence-corrected chi connectivity index (χ4v) is 3.40. The monoisotopic (exact) mass is 389 g/mol. The maximum absolute atomic E-state index is 5.40. The van der Waals surface area contributed by atoms with E-state index in [2.05, 4.69) is 58.5 Å². The zero-order chi connectivity index (χ0) is 20.0. The average molecular weight is 390 g/mol. The van der Waals surface area contributed by atoms with E-state index in [1.807, 2.05) is 6.92 Å². The standard InChI is InChI=1S/C22H39N5O/c1-4-23-22(24-12-9-17-28-6-3)25-18-20-10-7-8-11-21(20)19-27-15-13-26(5-2)14-16-27/h7-8,10-11H,4-6,9,12-19H2,1-3H3,(H2,23,24,25). The number of hydrogen-bond acceptors (Lipinski definition) is 4. The highest BCUT2D eigenvalue weighted by Crippen LogP contribution is 2.14. The van der Waals surface area contributed by atoms with Crippen LogP contribution in [-0.2, 0) is 17.8 Å². The van der Waals surface area contributed by atoms with Gasteiger partial charge in [-0.05, 0) is 37.9 Å². The smallest absolute Gasteiger partial charge is 0.191 e. The maximum Gasteiger partial charge on any atom is 0.191 e. The Hall–Kier alpha value is -1.63. The third-order valence-electron chi connectivity index (χ3n) is 5.14. The first-order valence-electron chi connectivity index (χ1n) is 10.9. The van der Waals surface area contributed by atoms with E-state index in [1.54, 1.807) is 0 Å². The second-order valence-corrected chi connectivity index (χ2v) is 7.15. The molecule has 0 saturated carbocycles. The minimum atomic E-state index is 0.700. The van der Waals surface area contributed by atoms with Crippen molar-refractivity contribution in [3.63, 3.8) is 0 Å². The van der Waals surface area contributed by atoms with Gasteiger partial charge in [0, 0.05) is 59.0 Å². The minimum Gasteiger partial charge on any atom is -0.382 e. The molecule has 2 N–H and O–H groups in total. The molecule has 1 aliphatic rings. The van der Waals surface area contributed by atoms with Gasteiger partial charge in [-0.2, -0.15) is 0 Å². The van der Waals surface area contributed by atoms with Crippen LogP contribution in [0.2, 0.25) is 0 Å². The summed E-state index contributed by atoms with van der Waals surface area (Å²) in [5.41, 5.74) is 2.70. The van der Waals surface area contributed by atoms with Crippen molar-refractivity contribution in [1.82, 2.24) is 20.4 Å². The summed E-state index contributed by atoms with van der Waals surface area (Å²) >= 11 is 0. The zero-order valence-electron chi connectivity index (χ0n) is 18.0. The summed E-state index contributed by atoms with van der Waals surface area (Å²) in [6.07, 6.45) is 0.985. The van der Waals surface area contributed by atoms with Crippen molar-refractivity contribution in [2.24, 2.45) is 4.99 Å². The zero-order valence-corrected chi connectivity index (χ0v) is 18.0. The predicted octanol–water partition coefficient (Wildman–Crippen LogP) is 2.31. The quantitative estimate of drug-likeness (QED) is 0.346. The number of likely N-dealkylation sites (N-methyl/N-ethyl adjacent to an activating group) is 1. The molecule has 0 bridgehead atoms. The number of ether oxygens (including phenoxy) is 1. The Morgan fingerprint density at radius 2 is 1.71 bits per heavy atom. The fourth-order valence-electron chi connectivity index (χ4n) is 3.40. The molecule has 2 rings (SSSR count). The molecule has 1 heterocycles. The fraction of sp³-hybridized carbons (Fsp3) is 0.682. The van der Waals surface area contributed by atoms with Gasteiger partial charge in [0.25, 0.3) is 0 Å². The van der Waals surface area contributed by atoms with Crippen molar-refractivity contribution < 1.29 is 4.74 Å². The van der Waals surface area contributed by atoms with Gasteiger partial charge in [-0.3, -0.25) is 4.90 Å². The minimum absolute atomic E-state index is 0.700. The largest absolute Gasteiger partial charge is 0.382 e. The Morgan fingerprint density at radius 1 is 1.00 bits per heavy atom. The third-order valence-corrected chi connectivity index (χ3v) is 5.14. The number of nitrogens with one attached hydrogen (secondary N) is 2. The molecule has 0 unspecified atom stereocenters. The molecule has 0 aliphatic carbocycles. The van der Waals surface area contributed by atoms with Crippen molar-refractivity contribution in [2.75, 3.05) is 59.0 Å². The summed E-state index contributed by atoms with van der Waals surface area (Å²) in [5, 5.41) is 6.74. The van der Waals surface area contributed by atoms with Gasteiger partial charge < -0.3 is 20.3 Å². The highest BCUT2D eigenvalue weighted by atomic mass is 16.5. The molecule has 6 heteroatoms. The van der Waals surface area contributed by atoms with E-state index in [9.17, 15) is 0 Å². The lowest BCUT2D eigenvalue weighted by molar-refractivity contribution is 0.131. The lowest BCUT2D eigenvalue weighted by atomic mass is 10.1. The highest BCUT2D eigenvalue weighted by Gasteiger charge is 2.16. The second-order valence-electron chi connectivity index (χ2n) is 7.15. The molecule has 0 radical (unpaired) electrons. The van der Waals surface area contributed by atoms with E-state index in [-0.39, 0.29) is 0 Å². The SMILES string of the molecule is CCNC(=NCc1ccccc1CN1CCN(CC)CC1)NCCCOCC. The van der Waals surface area contributed by atoms with Crippen LogP contribution in [0.15, 0.2) is 29.3 Å². The van der Waals surface area contributed by atoms with Gasteiger partial charge in [0.2, 0.25) is 0 Å². The Bertz CT molecular complexity index is 570. The van der Waals surface area contributed by atoms with Crippen LogP contribution in [0.25, 0.3) is 0 Å². The summed E-state index contributed by atoms with van der Waals surface area (Å²) < 4.78 is 5.40.